The smallest absolute Gasteiger partial charge is 0.209 e. The van der Waals surface area contributed by atoms with Crippen LogP contribution in [0.3, 0.4) is 0 Å². The molecule has 11 nitrogen and oxygen atoms in total. The summed E-state index contributed by atoms with van der Waals surface area (Å²) in [5.41, 5.74) is 6.65. The van der Waals surface area contributed by atoms with Gasteiger partial charge in [0.25, 0.3) is 0 Å². The maximum Gasteiger partial charge on any atom is 0.209 e. The van der Waals surface area contributed by atoms with Gasteiger partial charge in [-0.2, -0.15) is 5.10 Å². The molecule has 0 saturated heterocycles. The molecule has 4 aromatic heterocycles. The van der Waals surface area contributed by atoms with Crippen LogP contribution in [0.1, 0.15) is 25.8 Å². The van der Waals surface area contributed by atoms with E-state index in [0.29, 0.717) is 57.3 Å². The minimum Gasteiger partial charge on any atom is -0.374 e. The molecule has 0 fully saturated rings. The lowest BCUT2D eigenvalue weighted by Gasteiger charge is -2.16. The Bertz CT molecular complexity index is 2090. The fraction of sp³-hybridized carbons (Fsp3) is 0.226. The molecule has 0 radical (unpaired) electrons. The Balaban J connectivity index is 1.35. The molecule has 0 aliphatic heterocycles. The second kappa shape index (κ2) is 11.8. The largest absolute Gasteiger partial charge is 0.374 e. The Morgan fingerprint density at radius 2 is 1.77 bits per heavy atom. The number of aliphatic hydroxyl groups excluding tert-OH is 1. The molecule has 0 aliphatic rings. The quantitative estimate of drug-likeness (QED) is 0.132. The van der Waals surface area contributed by atoms with Crippen molar-refractivity contribution in [3.8, 4) is 33.8 Å². The summed E-state index contributed by atoms with van der Waals surface area (Å²) in [6.07, 6.45) is 7.67. The number of aromatic nitrogens is 6. The van der Waals surface area contributed by atoms with E-state index in [4.69, 9.17) is 4.98 Å². The number of hydrogen-bond donors (Lipinski definition) is 5. The van der Waals surface area contributed by atoms with Crippen LogP contribution in [0.15, 0.2) is 67.3 Å². The monoisotopic (exact) mass is 614 g/mol. The third kappa shape index (κ3) is 6.44. The second-order valence-corrected chi connectivity index (χ2v) is 13.0. The van der Waals surface area contributed by atoms with Gasteiger partial charge in [0.05, 0.1) is 40.9 Å². The SMILES string of the molecule is CC(C)CC(O)Nc1cncc(-c2ccc3[nH]nc(-c4nc5c(-c6cc(F)cc(CNS(C)(=O)=O)c6)cncc5[nH]4)c3c2)c1. The van der Waals surface area contributed by atoms with E-state index in [2.05, 4.69) is 49.0 Å². The van der Waals surface area contributed by atoms with Gasteiger partial charge in [-0.25, -0.2) is 22.5 Å². The molecule has 5 N–H and O–H groups in total. The molecule has 0 amide bonds. The number of benzene rings is 2. The first-order chi connectivity index (χ1) is 21.0. The molecule has 6 aromatic rings. The number of hydrogen-bond acceptors (Lipinski definition) is 8. The van der Waals surface area contributed by atoms with E-state index in [0.717, 1.165) is 28.3 Å². The van der Waals surface area contributed by atoms with Crippen molar-refractivity contribution in [3.63, 3.8) is 0 Å². The first-order valence-electron chi connectivity index (χ1n) is 14.0. The van der Waals surface area contributed by atoms with Gasteiger partial charge in [-0.15, -0.1) is 0 Å². The number of halogens is 1. The Kier molecular flexibility index (Phi) is 7.84. The van der Waals surface area contributed by atoms with Crippen molar-refractivity contribution in [1.29, 1.82) is 0 Å². The van der Waals surface area contributed by atoms with Crippen LogP contribution in [0, 0.1) is 11.7 Å². The summed E-state index contributed by atoms with van der Waals surface area (Å²) < 4.78 is 40.1. The predicted molar refractivity (Wildman–Crippen MR) is 168 cm³/mol. The molecule has 0 bridgehead atoms. The summed E-state index contributed by atoms with van der Waals surface area (Å²) in [7, 11) is -3.45. The van der Waals surface area contributed by atoms with Crippen molar-refractivity contribution in [2.45, 2.75) is 33.0 Å². The van der Waals surface area contributed by atoms with E-state index in [-0.39, 0.29) is 6.54 Å². The normalized spacial score (nSPS) is 12.8. The lowest BCUT2D eigenvalue weighted by atomic mass is 10.0. The second-order valence-electron chi connectivity index (χ2n) is 11.2. The van der Waals surface area contributed by atoms with E-state index in [9.17, 15) is 17.9 Å². The first kappa shape index (κ1) is 29.4. The fourth-order valence-corrected chi connectivity index (χ4v) is 5.56. The summed E-state index contributed by atoms with van der Waals surface area (Å²) in [6.45, 7) is 4.06. The third-order valence-corrected chi connectivity index (χ3v) is 7.76. The van der Waals surface area contributed by atoms with Crippen molar-refractivity contribution in [2.24, 2.45) is 5.92 Å². The zero-order chi connectivity index (χ0) is 31.0. The molecule has 4 heterocycles. The summed E-state index contributed by atoms with van der Waals surface area (Å²) in [5, 5.41) is 21.9. The van der Waals surface area contributed by atoms with Crippen molar-refractivity contribution in [1.82, 2.24) is 34.9 Å². The molecule has 226 valence electrons. The standard InChI is InChI=1S/C31H31FN8O3S/c1-17(2)6-28(41)36-23-10-21(13-33-14-23)19-4-5-26-24(11-19)30(40-39-26)31-37-27-16-34-15-25(29(27)38-31)20-7-18(8-22(32)9-20)12-35-44(3,42)43/h4-5,7-11,13-17,28,35-36,41H,6,12H2,1-3H3,(H,37,38)(H,39,40). The molecule has 44 heavy (non-hydrogen) atoms. The van der Waals surface area contributed by atoms with Crippen LogP contribution in [0.5, 0.6) is 0 Å². The highest BCUT2D eigenvalue weighted by atomic mass is 32.2. The summed E-state index contributed by atoms with van der Waals surface area (Å²) in [6, 6.07) is 12.2. The highest BCUT2D eigenvalue weighted by Gasteiger charge is 2.17. The van der Waals surface area contributed by atoms with E-state index in [1.165, 1.54) is 12.1 Å². The van der Waals surface area contributed by atoms with Gasteiger partial charge in [0, 0.05) is 35.5 Å². The molecular weight excluding hydrogens is 583 g/mol. The lowest BCUT2D eigenvalue weighted by Crippen LogP contribution is -2.21. The van der Waals surface area contributed by atoms with Crippen molar-refractivity contribution >= 4 is 37.6 Å². The number of imidazole rings is 1. The van der Waals surface area contributed by atoms with Crippen LogP contribution in [-0.2, 0) is 16.6 Å². The third-order valence-electron chi connectivity index (χ3n) is 7.09. The van der Waals surface area contributed by atoms with Crippen LogP contribution in [0.4, 0.5) is 10.1 Å². The summed E-state index contributed by atoms with van der Waals surface area (Å²) in [4.78, 5) is 16.8. The Labute approximate surface area is 253 Å². The number of nitrogens with one attached hydrogen (secondary N) is 4. The number of nitrogens with zero attached hydrogens (tertiary/aromatic N) is 4. The van der Waals surface area contributed by atoms with E-state index in [1.807, 2.05) is 24.3 Å². The minimum absolute atomic E-state index is 0.0482. The Morgan fingerprint density at radius 1 is 0.955 bits per heavy atom. The Morgan fingerprint density at radius 3 is 2.57 bits per heavy atom. The highest BCUT2D eigenvalue weighted by Crippen LogP contribution is 2.33. The summed E-state index contributed by atoms with van der Waals surface area (Å²) >= 11 is 0. The fourth-order valence-electron chi connectivity index (χ4n) is 5.13. The van der Waals surface area contributed by atoms with E-state index in [1.54, 1.807) is 30.9 Å². The van der Waals surface area contributed by atoms with Gasteiger partial charge in [-0.05, 0) is 65.4 Å². The number of H-pyrrole nitrogens is 2. The van der Waals surface area contributed by atoms with Crippen molar-refractivity contribution in [3.05, 3.63) is 78.6 Å². The predicted octanol–water partition coefficient (Wildman–Crippen LogP) is 5.19. The van der Waals surface area contributed by atoms with Crippen LogP contribution in [0.25, 0.3) is 55.7 Å². The Hall–Kier alpha value is -4.72. The van der Waals surface area contributed by atoms with Gasteiger partial charge < -0.3 is 15.4 Å². The number of fused-ring (bicyclic) bond motifs is 2. The average molecular weight is 615 g/mol. The molecule has 0 spiro atoms. The molecule has 1 atom stereocenters. The summed E-state index contributed by atoms with van der Waals surface area (Å²) in [5.74, 6) is 0.337. The molecule has 6 rings (SSSR count). The van der Waals surface area contributed by atoms with E-state index >= 15 is 0 Å². The zero-order valence-electron chi connectivity index (χ0n) is 24.3. The van der Waals surface area contributed by atoms with Crippen molar-refractivity contribution < 1.29 is 17.9 Å². The minimum atomic E-state index is -3.45. The van der Waals surface area contributed by atoms with Gasteiger partial charge in [-0.3, -0.25) is 15.1 Å². The number of aromatic amines is 2. The molecule has 2 aromatic carbocycles. The number of rotatable bonds is 10. The number of sulfonamides is 1. The van der Waals surface area contributed by atoms with Crippen molar-refractivity contribution in [2.75, 3.05) is 11.6 Å². The van der Waals surface area contributed by atoms with Gasteiger partial charge >= 0.3 is 0 Å². The zero-order valence-corrected chi connectivity index (χ0v) is 25.1. The van der Waals surface area contributed by atoms with Gasteiger partial charge in [-0.1, -0.05) is 19.9 Å². The molecular formula is C31H31FN8O3S. The van der Waals surface area contributed by atoms with Gasteiger partial charge in [0.1, 0.15) is 17.7 Å². The molecule has 0 saturated carbocycles. The topological polar surface area (TPSA) is 162 Å². The van der Waals surface area contributed by atoms with Gasteiger partial charge in [0.2, 0.25) is 10.0 Å². The van der Waals surface area contributed by atoms with E-state index < -0.39 is 22.1 Å². The van der Waals surface area contributed by atoms with Crippen LogP contribution in [0.2, 0.25) is 0 Å². The number of anilines is 1. The molecule has 13 heteroatoms. The highest BCUT2D eigenvalue weighted by molar-refractivity contribution is 7.88. The number of pyridine rings is 2. The maximum atomic E-state index is 14.6. The average Bonchev–Trinajstić information content (AvgIpc) is 3.59. The van der Waals surface area contributed by atoms with Crippen LogP contribution >= 0.6 is 0 Å². The maximum absolute atomic E-state index is 14.6. The molecule has 1 unspecified atom stereocenters. The first-order valence-corrected chi connectivity index (χ1v) is 15.9. The number of aliphatic hydroxyl groups is 1. The lowest BCUT2D eigenvalue weighted by molar-refractivity contribution is 0.176. The van der Waals surface area contributed by atoms with Crippen LogP contribution < -0.4 is 10.0 Å². The molecule has 0 aliphatic carbocycles. The van der Waals surface area contributed by atoms with Gasteiger partial charge in [0.15, 0.2) is 5.82 Å². The van der Waals surface area contributed by atoms with Crippen LogP contribution in [-0.4, -0.2) is 56.1 Å².